The Labute approximate surface area is 159 Å². The van der Waals surface area contributed by atoms with E-state index in [1.54, 1.807) is 19.1 Å². The molecule has 0 fully saturated rings. The van der Waals surface area contributed by atoms with Crippen LogP contribution >= 0.6 is 11.8 Å². The lowest BCUT2D eigenvalue weighted by molar-refractivity contribution is -0.387. The van der Waals surface area contributed by atoms with E-state index in [4.69, 9.17) is 0 Å². The standard InChI is InChI=1S/C18H18FN3O4S/c1-11-3-5-13(6-4-11)20-17(23)10-27-12(2)18(24)21-14-7-8-15(19)16(9-14)22(25)26/h3-9,12H,10H2,1-2H3,(H,20,23)(H,21,24)/t12-/m0/s1. The van der Waals surface area contributed by atoms with Crippen molar-refractivity contribution >= 4 is 40.6 Å². The number of nitro benzene ring substituents is 1. The highest BCUT2D eigenvalue weighted by Crippen LogP contribution is 2.22. The van der Waals surface area contributed by atoms with Crippen molar-refractivity contribution in [1.82, 2.24) is 0 Å². The van der Waals surface area contributed by atoms with Gasteiger partial charge in [-0.15, -0.1) is 11.8 Å². The zero-order valence-electron chi connectivity index (χ0n) is 14.7. The fourth-order valence-electron chi connectivity index (χ4n) is 2.08. The van der Waals surface area contributed by atoms with Crippen LogP contribution in [0.25, 0.3) is 0 Å². The molecule has 2 aromatic rings. The van der Waals surface area contributed by atoms with Crippen LogP contribution in [0.1, 0.15) is 12.5 Å². The number of benzene rings is 2. The third-order valence-electron chi connectivity index (χ3n) is 3.58. The minimum absolute atomic E-state index is 0.0615. The number of nitrogens with one attached hydrogen (secondary N) is 2. The zero-order chi connectivity index (χ0) is 20.0. The number of nitro groups is 1. The molecule has 9 heteroatoms. The lowest BCUT2D eigenvalue weighted by Gasteiger charge is -2.12. The van der Waals surface area contributed by atoms with E-state index < -0.39 is 27.6 Å². The summed E-state index contributed by atoms with van der Waals surface area (Å²) in [5.41, 5.74) is 1.14. The van der Waals surface area contributed by atoms with E-state index in [0.717, 1.165) is 29.5 Å². The molecule has 0 bridgehead atoms. The monoisotopic (exact) mass is 391 g/mol. The number of halogens is 1. The van der Waals surface area contributed by atoms with Crippen LogP contribution < -0.4 is 10.6 Å². The molecule has 0 aliphatic rings. The van der Waals surface area contributed by atoms with E-state index in [-0.39, 0.29) is 17.3 Å². The smallest absolute Gasteiger partial charge is 0.306 e. The van der Waals surface area contributed by atoms with Gasteiger partial charge in [0.1, 0.15) is 0 Å². The second kappa shape index (κ2) is 9.13. The fraction of sp³-hybridized carbons (Fsp3) is 0.222. The Hall–Kier alpha value is -2.94. The summed E-state index contributed by atoms with van der Waals surface area (Å²) in [4.78, 5) is 34.0. The molecule has 2 N–H and O–H groups in total. The molecule has 0 saturated carbocycles. The summed E-state index contributed by atoms with van der Waals surface area (Å²) in [6, 6.07) is 10.4. The number of rotatable bonds is 7. The molecule has 7 nitrogen and oxygen atoms in total. The first-order chi connectivity index (χ1) is 12.8. The Morgan fingerprint density at radius 2 is 1.78 bits per heavy atom. The molecule has 27 heavy (non-hydrogen) atoms. The first-order valence-corrected chi connectivity index (χ1v) is 9.04. The van der Waals surface area contributed by atoms with Crippen molar-refractivity contribution in [3.8, 4) is 0 Å². The molecule has 0 aliphatic heterocycles. The van der Waals surface area contributed by atoms with Crippen molar-refractivity contribution in [1.29, 1.82) is 0 Å². The van der Waals surface area contributed by atoms with Gasteiger partial charge in [-0.2, -0.15) is 4.39 Å². The summed E-state index contributed by atoms with van der Waals surface area (Å²) in [5.74, 6) is -1.61. The molecule has 1 atom stereocenters. The third-order valence-corrected chi connectivity index (χ3v) is 4.72. The molecule has 0 spiro atoms. The van der Waals surface area contributed by atoms with Crippen LogP contribution in [0.5, 0.6) is 0 Å². The Bertz CT molecular complexity index is 858. The number of carbonyl (C=O) groups excluding carboxylic acids is 2. The van der Waals surface area contributed by atoms with Crippen LogP contribution in [0.2, 0.25) is 0 Å². The normalized spacial score (nSPS) is 11.5. The van der Waals surface area contributed by atoms with Gasteiger partial charge in [-0.3, -0.25) is 19.7 Å². The number of carbonyl (C=O) groups is 2. The van der Waals surface area contributed by atoms with Gasteiger partial charge >= 0.3 is 5.69 Å². The van der Waals surface area contributed by atoms with E-state index in [2.05, 4.69) is 10.6 Å². The number of nitrogens with zero attached hydrogens (tertiary/aromatic N) is 1. The Balaban J connectivity index is 1.86. The number of hydrogen-bond donors (Lipinski definition) is 2. The summed E-state index contributed by atoms with van der Waals surface area (Å²) in [5, 5.41) is 15.4. The van der Waals surface area contributed by atoms with Crippen LogP contribution in [-0.2, 0) is 9.59 Å². The van der Waals surface area contributed by atoms with Crippen molar-refractivity contribution in [3.63, 3.8) is 0 Å². The lowest BCUT2D eigenvalue weighted by Crippen LogP contribution is -2.25. The van der Waals surface area contributed by atoms with E-state index in [1.165, 1.54) is 6.07 Å². The molecule has 0 aromatic heterocycles. The minimum Gasteiger partial charge on any atom is -0.325 e. The molecule has 2 amide bonds. The highest BCUT2D eigenvalue weighted by atomic mass is 32.2. The number of aryl methyl sites for hydroxylation is 1. The summed E-state index contributed by atoms with van der Waals surface area (Å²) in [6.07, 6.45) is 0. The molecule has 2 rings (SSSR count). The van der Waals surface area contributed by atoms with E-state index in [1.807, 2.05) is 19.1 Å². The number of amides is 2. The molecular formula is C18H18FN3O4S. The van der Waals surface area contributed by atoms with Gasteiger partial charge in [0.2, 0.25) is 17.6 Å². The van der Waals surface area contributed by atoms with Crippen molar-refractivity contribution in [2.24, 2.45) is 0 Å². The maximum absolute atomic E-state index is 13.3. The second-order valence-electron chi connectivity index (χ2n) is 5.78. The summed E-state index contributed by atoms with van der Waals surface area (Å²) in [7, 11) is 0. The Kier molecular flexibility index (Phi) is 6.89. The Morgan fingerprint density at radius 1 is 1.15 bits per heavy atom. The van der Waals surface area contributed by atoms with E-state index in [9.17, 15) is 24.1 Å². The molecular weight excluding hydrogens is 373 g/mol. The largest absolute Gasteiger partial charge is 0.325 e. The van der Waals surface area contributed by atoms with Gasteiger partial charge in [0, 0.05) is 17.4 Å². The van der Waals surface area contributed by atoms with Gasteiger partial charge in [-0.25, -0.2) is 0 Å². The minimum atomic E-state index is -0.979. The second-order valence-corrected chi connectivity index (χ2v) is 7.11. The van der Waals surface area contributed by atoms with Crippen molar-refractivity contribution in [3.05, 3.63) is 64.0 Å². The maximum Gasteiger partial charge on any atom is 0.306 e. The quantitative estimate of drug-likeness (QED) is 0.553. The fourth-order valence-corrected chi connectivity index (χ4v) is 2.77. The van der Waals surface area contributed by atoms with Gasteiger partial charge in [-0.1, -0.05) is 17.7 Å². The van der Waals surface area contributed by atoms with E-state index >= 15 is 0 Å². The topological polar surface area (TPSA) is 101 Å². The molecule has 0 unspecified atom stereocenters. The molecule has 0 aliphatic carbocycles. The highest BCUT2D eigenvalue weighted by molar-refractivity contribution is 8.01. The maximum atomic E-state index is 13.3. The van der Waals surface area contributed by atoms with Gasteiger partial charge in [-0.05, 0) is 38.1 Å². The molecule has 0 heterocycles. The van der Waals surface area contributed by atoms with Crippen LogP contribution in [0, 0.1) is 22.9 Å². The van der Waals surface area contributed by atoms with Crippen LogP contribution in [0.4, 0.5) is 21.5 Å². The first-order valence-electron chi connectivity index (χ1n) is 7.99. The SMILES string of the molecule is Cc1ccc(NC(=O)CS[C@@H](C)C(=O)Nc2ccc(F)c([N+](=O)[O-])c2)cc1. The molecule has 2 aromatic carbocycles. The van der Waals surface area contributed by atoms with Gasteiger partial charge in [0.15, 0.2) is 0 Å². The van der Waals surface area contributed by atoms with Gasteiger partial charge in [0.25, 0.3) is 0 Å². The molecule has 0 radical (unpaired) electrons. The summed E-state index contributed by atoms with van der Waals surface area (Å²) < 4.78 is 13.3. The average Bonchev–Trinajstić information content (AvgIpc) is 2.63. The zero-order valence-corrected chi connectivity index (χ0v) is 15.5. The first kappa shape index (κ1) is 20.4. The third kappa shape index (κ3) is 6.07. The van der Waals surface area contributed by atoms with Crippen molar-refractivity contribution < 1.29 is 18.9 Å². The highest BCUT2D eigenvalue weighted by Gasteiger charge is 2.19. The number of thioether (sulfide) groups is 1. The predicted octanol–water partition coefficient (Wildman–Crippen LogP) is 3.74. The lowest BCUT2D eigenvalue weighted by atomic mass is 10.2. The van der Waals surface area contributed by atoms with Crippen LogP contribution in [0.3, 0.4) is 0 Å². The Morgan fingerprint density at radius 3 is 2.41 bits per heavy atom. The molecule has 142 valence electrons. The summed E-state index contributed by atoms with van der Waals surface area (Å²) in [6.45, 7) is 3.55. The van der Waals surface area contributed by atoms with E-state index in [0.29, 0.717) is 5.69 Å². The van der Waals surface area contributed by atoms with Gasteiger partial charge < -0.3 is 10.6 Å². The van der Waals surface area contributed by atoms with Gasteiger partial charge in [0.05, 0.1) is 15.9 Å². The number of anilines is 2. The van der Waals surface area contributed by atoms with Crippen molar-refractivity contribution in [2.45, 2.75) is 19.1 Å². The van der Waals surface area contributed by atoms with Crippen LogP contribution in [0.15, 0.2) is 42.5 Å². The summed E-state index contributed by atoms with van der Waals surface area (Å²) >= 11 is 1.12. The predicted molar refractivity (Wildman–Crippen MR) is 103 cm³/mol. The van der Waals surface area contributed by atoms with Crippen LogP contribution in [-0.4, -0.2) is 27.7 Å². The molecule has 0 saturated heterocycles. The number of hydrogen-bond acceptors (Lipinski definition) is 5. The van der Waals surface area contributed by atoms with Crippen molar-refractivity contribution in [2.75, 3.05) is 16.4 Å². The average molecular weight is 391 g/mol.